The summed E-state index contributed by atoms with van der Waals surface area (Å²) in [7, 11) is 0. The molecule has 0 saturated carbocycles. The average Bonchev–Trinajstić information content (AvgIpc) is 2.83. The lowest BCUT2D eigenvalue weighted by molar-refractivity contribution is -0.133. The second-order valence-corrected chi connectivity index (χ2v) is 6.21. The highest BCUT2D eigenvalue weighted by Gasteiger charge is 2.24. The van der Waals surface area contributed by atoms with Crippen LogP contribution in [0.3, 0.4) is 0 Å². The Hall–Kier alpha value is -2.08. The summed E-state index contributed by atoms with van der Waals surface area (Å²) in [6.45, 7) is 12.4. The van der Waals surface area contributed by atoms with E-state index in [0.29, 0.717) is 31.9 Å². The van der Waals surface area contributed by atoms with Crippen molar-refractivity contribution in [1.82, 2.24) is 9.47 Å². The highest BCUT2D eigenvalue weighted by Crippen LogP contribution is 2.25. The maximum Gasteiger partial charge on any atom is 0.340 e. The van der Waals surface area contributed by atoms with Crippen molar-refractivity contribution < 1.29 is 19.1 Å². The van der Waals surface area contributed by atoms with Gasteiger partial charge in [-0.05, 0) is 40.7 Å². The average molecular weight is 348 g/mol. The van der Waals surface area contributed by atoms with Gasteiger partial charge in [0.2, 0.25) is 5.91 Å². The largest absolute Gasteiger partial charge is 0.462 e. The van der Waals surface area contributed by atoms with Gasteiger partial charge in [-0.15, -0.1) is 0 Å². The molecule has 1 aromatic rings. The van der Waals surface area contributed by atoms with Gasteiger partial charge in [-0.2, -0.15) is 0 Å². The summed E-state index contributed by atoms with van der Waals surface area (Å²) >= 11 is 0. The second kappa shape index (κ2) is 8.34. The van der Waals surface area contributed by atoms with Crippen molar-refractivity contribution in [3.05, 3.63) is 28.6 Å². The maximum atomic E-state index is 12.5. The van der Waals surface area contributed by atoms with Crippen LogP contribution in [-0.2, 0) is 20.8 Å². The van der Waals surface area contributed by atoms with Gasteiger partial charge in [0.25, 0.3) is 0 Å². The van der Waals surface area contributed by atoms with Gasteiger partial charge in [0.15, 0.2) is 0 Å². The molecular formula is C19H28N2O4. The molecule has 0 radical (unpaired) electrons. The van der Waals surface area contributed by atoms with Gasteiger partial charge in [0.05, 0.1) is 31.4 Å². The third-order valence-corrected chi connectivity index (χ3v) is 4.67. The Labute approximate surface area is 149 Å². The molecule has 2 heterocycles. The molecule has 1 aromatic heterocycles. The Morgan fingerprint density at radius 2 is 2.00 bits per heavy atom. The molecule has 25 heavy (non-hydrogen) atoms. The molecule has 1 fully saturated rings. The standard InChI is InChI=1S/C19H28N2O4/c1-6-20-14(4)16(18(15(20)5)19(23)25-7-2)8-9-17(22)21-10-11-24-12-13(21)3/h8-9,13H,6-7,10-12H2,1-5H3/b9-8+/t13-/m1/s1. The SMILES string of the molecule is CCOC(=O)c1c(/C=C/C(=O)N2CCOC[C@H]2C)c(C)n(CC)c1C. The molecule has 0 N–H and O–H groups in total. The van der Waals surface area contributed by atoms with E-state index in [9.17, 15) is 9.59 Å². The summed E-state index contributed by atoms with van der Waals surface area (Å²) in [6.07, 6.45) is 3.29. The molecule has 6 heteroatoms. The Morgan fingerprint density at radius 3 is 2.60 bits per heavy atom. The molecule has 0 aromatic carbocycles. The van der Waals surface area contributed by atoms with Gasteiger partial charge < -0.3 is 18.9 Å². The highest BCUT2D eigenvalue weighted by molar-refractivity contribution is 5.99. The van der Waals surface area contributed by atoms with Crippen LogP contribution in [-0.4, -0.2) is 53.8 Å². The number of ether oxygens (including phenoxy) is 2. The van der Waals surface area contributed by atoms with Crippen LogP contribution in [0.15, 0.2) is 6.08 Å². The first-order valence-corrected chi connectivity index (χ1v) is 8.85. The van der Waals surface area contributed by atoms with Crippen molar-refractivity contribution in [2.45, 2.75) is 47.2 Å². The topological polar surface area (TPSA) is 60.8 Å². The number of hydrogen-bond acceptors (Lipinski definition) is 4. The van der Waals surface area contributed by atoms with Gasteiger partial charge in [-0.1, -0.05) is 0 Å². The van der Waals surface area contributed by atoms with Crippen molar-refractivity contribution in [2.75, 3.05) is 26.4 Å². The fourth-order valence-electron chi connectivity index (χ4n) is 3.35. The van der Waals surface area contributed by atoms with E-state index in [1.165, 1.54) is 0 Å². The van der Waals surface area contributed by atoms with E-state index in [4.69, 9.17) is 9.47 Å². The zero-order valence-electron chi connectivity index (χ0n) is 15.8. The first-order valence-electron chi connectivity index (χ1n) is 8.85. The van der Waals surface area contributed by atoms with E-state index >= 15 is 0 Å². The molecule has 138 valence electrons. The van der Waals surface area contributed by atoms with Crippen molar-refractivity contribution in [2.24, 2.45) is 0 Å². The highest BCUT2D eigenvalue weighted by atomic mass is 16.5. The summed E-state index contributed by atoms with van der Waals surface area (Å²) in [5.74, 6) is -0.408. The van der Waals surface area contributed by atoms with Crippen molar-refractivity contribution in [3.8, 4) is 0 Å². The third-order valence-electron chi connectivity index (χ3n) is 4.67. The van der Waals surface area contributed by atoms with Crippen molar-refractivity contribution >= 4 is 18.0 Å². The van der Waals surface area contributed by atoms with Gasteiger partial charge >= 0.3 is 5.97 Å². The zero-order valence-corrected chi connectivity index (χ0v) is 15.8. The van der Waals surface area contributed by atoms with Crippen LogP contribution in [0, 0.1) is 13.8 Å². The summed E-state index contributed by atoms with van der Waals surface area (Å²) in [4.78, 5) is 26.7. The monoisotopic (exact) mass is 348 g/mol. The number of hydrogen-bond donors (Lipinski definition) is 0. The van der Waals surface area contributed by atoms with Gasteiger partial charge in [-0.3, -0.25) is 4.79 Å². The molecule has 1 atom stereocenters. The van der Waals surface area contributed by atoms with Crippen LogP contribution < -0.4 is 0 Å². The fourth-order valence-corrected chi connectivity index (χ4v) is 3.35. The first-order chi connectivity index (χ1) is 11.9. The number of aromatic nitrogens is 1. The smallest absolute Gasteiger partial charge is 0.340 e. The second-order valence-electron chi connectivity index (χ2n) is 6.21. The van der Waals surface area contributed by atoms with E-state index in [-0.39, 0.29) is 17.9 Å². The molecular weight excluding hydrogens is 320 g/mol. The van der Waals surface area contributed by atoms with Crippen LogP contribution in [0.2, 0.25) is 0 Å². The maximum absolute atomic E-state index is 12.5. The number of amides is 1. The van der Waals surface area contributed by atoms with E-state index < -0.39 is 0 Å². The normalized spacial score (nSPS) is 18.0. The Morgan fingerprint density at radius 1 is 1.28 bits per heavy atom. The molecule has 1 amide bonds. The number of morpholine rings is 1. The number of rotatable bonds is 5. The minimum atomic E-state index is -0.345. The quantitative estimate of drug-likeness (QED) is 0.606. The van der Waals surface area contributed by atoms with Crippen LogP contribution in [0.4, 0.5) is 0 Å². The fraction of sp³-hybridized carbons (Fsp3) is 0.579. The number of esters is 1. The van der Waals surface area contributed by atoms with Crippen LogP contribution in [0.5, 0.6) is 0 Å². The minimum absolute atomic E-state index is 0.0542. The first kappa shape index (κ1) is 19.2. The summed E-state index contributed by atoms with van der Waals surface area (Å²) in [5, 5.41) is 0. The Balaban J connectivity index is 2.34. The van der Waals surface area contributed by atoms with Crippen LogP contribution >= 0.6 is 0 Å². The Bertz CT molecular complexity index is 675. The molecule has 0 bridgehead atoms. The van der Waals surface area contributed by atoms with Gasteiger partial charge in [0, 0.05) is 36.1 Å². The molecule has 6 nitrogen and oxygen atoms in total. The molecule has 1 saturated heterocycles. The van der Waals surface area contributed by atoms with Crippen LogP contribution in [0.1, 0.15) is 48.1 Å². The third kappa shape index (κ3) is 3.95. The predicted molar refractivity (Wildman–Crippen MR) is 96.6 cm³/mol. The molecule has 1 aliphatic heterocycles. The molecule has 0 unspecified atom stereocenters. The van der Waals surface area contributed by atoms with E-state index in [1.54, 1.807) is 24.0 Å². The van der Waals surface area contributed by atoms with Gasteiger partial charge in [0.1, 0.15) is 0 Å². The number of carbonyl (C=O) groups excluding carboxylic acids is 2. The molecule has 1 aliphatic rings. The zero-order chi connectivity index (χ0) is 18.6. The summed E-state index contributed by atoms with van der Waals surface area (Å²) < 4.78 is 12.6. The number of carbonyl (C=O) groups is 2. The minimum Gasteiger partial charge on any atom is -0.462 e. The van der Waals surface area contributed by atoms with Crippen LogP contribution in [0.25, 0.3) is 6.08 Å². The predicted octanol–water partition coefficient (Wildman–Crippen LogP) is 2.56. The lowest BCUT2D eigenvalue weighted by Gasteiger charge is -2.32. The molecule has 0 spiro atoms. The lowest BCUT2D eigenvalue weighted by Crippen LogP contribution is -2.46. The lowest BCUT2D eigenvalue weighted by atomic mass is 10.1. The van der Waals surface area contributed by atoms with E-state index in [1.807, 2.05) is 27.7 Å². The summed E-state index contributed by atoms with van der Waals surface area (Å²) in [5.41, 5.74) is 3.12. The number of nitrogens with zero attached hydrogens (tertiary/aromatic N) is 2. The van der Waals surface area contributed by atoms with E-state index in [2.05, 4.69) is 4.57 Å². The molecule has 0 aliphatic carbocycles. The van der Waals surface area contributed by atoms with Gasteiger partial charge in [-0.25, -0.2) is 4.79 Å². The van der Waals surface area contributed by atoms with Crippen molar-refractivity contribution in [3.63, 3.8) is 0 Å². The Kier molecular flexibility index (Phi) is 6.42. The van der Waals surface area contributed by atoms with Crippen molar-refractivity contribution in [1.29, 1.82) is 0 Å². The molecule has 2 rings (SSSR count). The van der Waals surface area contributed by atoms with E-state index in [0.717, 1.165) is 23.5 Å². The summed E-state index contributed by atoms with van der Waals surface area (Å²) in [6, 6.07) is 0.0542.